The molecule has 0 spiro atoms. The quantitative estimate of drug-likeness (QED) is 0.486. The van der Waals surface area contributed by atoms with Gasteiger partial charge in [0.2, 0.25) is 0 Å². The first-order valence-corrected chi connectivity index (χ1v) is 5.07. The van der Waals surface area contributed by atoms with Gasteiger partial charge in [0.1, 0.15) is 0 Å². The van der Waals surface area contributed by atoms with Crippen molar-refractivity contribution in [3.63, 3.8) is 0 Å². The minimum Gasteiger partial charge on any atom is -0.481 e. The number of hydrogen-bond acceptors (Lipinski definition) is 3. The van der Waals surface area contributed by atoms with Gasteiger partial charge in [-0.25, -0.2) is 4.79 Å². The number of carbonyl (C=O) groups is 3. The molecule has 0 atom stereocenters. The summed E-state index contributed by atoms with van der Waals surface area (Å²) in [4.78, 5) is 29.5. The Morgan fingerprint density at radius 1 is 0.882 bits per heavy atom. The number of rotatable bonds is 6. The van der Waals surface area contributed by atoms with E-state index in [1.807, 2.05) is 0 Å². The highest BCUT2D eigenvalue weighted by Crippen LogP contribution is 1.98. The van der Waals surface area contributed by atoms with Crippen molar-refractivity contribution in [2.75, 3.05) is 0 Å². The Hall–Kier alpha value is -1.85. The first kappa shape index (κ1) is 17.5. The topological polar surface area (TPSA) is 112 Å². The van der Waals surface area contributed by atoms with Gasteiger partial charge in [0.15, 0.2) is 0 Å². The number of carboxylic acids is 3. The molecule has 0 saturated heterocycles. The molecule has 0 aromatic carbocycles. The first-order valence-electron chi connectivity index (χ1n) is 5.07. The van der Waals surface area contributed by atoms with Crippen LogP contribution in [0.4, 0.5) is 0 Å². The van der Waals surface area contributed by atoms with Gasteiger partial charge < -0.3 is 15.3 Å². The highest BCUT2D eigenvalue weighted by atomic mass is 16.4. The molecule has 98 valence electrons. The number of hydrogen-bond donors (Lipinski definition) is 3. The molecule has 0 heterocycles. The average Bonchev–Trinajstić information content (AvgIpc) is 2.10. The highest BCUT2D eigenvalue weighted by molar-refractivity contribution is 5.80. The van der Waals surface area contributed by atoms with Crippen LogP contribution >= 0.6 is 0 Å². The molecule has 0 aliphatic carbocycles. The smallest absolute Gasteiger partial charge is 0.328 e. The largest absolute Gasteiger partial charge is 0.481 e. The van der Waals surface area contributed by atoms with E-state index in [4.69, 9.17) is 15.3 Å². The van der Waals surface area contributed by atoms with E-state index in [1.54, 1.807) is 13.8 Å². The van der Waals surface area contributed by atoms with Crippen molar-refractivity contribution in [1.29, 1.82) is 0 Å². The lowest BCUT2D eigenvalue weighted by Crippen LogP contribution is -1.97. The molecule has 0 bridgehead atoms. The summed E-state index contributed by atoms with van der Waals surface area (Å²) in [7, 11) is 0. The summed E-state index contributed by atoms with van der Waals surface area (Å²) < 4.78 is 0. The second kappa shape index (κ2) is 10.7. The lowest BCUT2D eigenvalue weighted by molar-refractivity contribution is -0.139. The van der Waals surface area contributed by atoms with Crippen molar-refractivity contribution in [1.82, 2.24) is 0 Å². The van der Waals surface area contributed by atoms with Crippen molar-refractivity contribution in [3.8, 4) is 0 Å². The van der Waals surface area contributed by atoms with E-state index in [0.717, 1.165) is 5.57 Å². The summed E-state index contributed by atoms with van der Waals surface area (Å²) in [6.45, 7) is 3.49. The number of allylic oxidation sites excluding steroid dienone is 1. The van der Waals surface area contributed by atoms with Crippen LogP contribution < -0.4 is 0 Å². The van der Waals surface area contributed by atoms with E-state index in [1.165, 1.54) is 6.08 Å². The monoisotopic (exact) mass is 246 g/mol. The first-order chi connectivity index (χ1) is 7.75. The maximum atomic E-state index is 9.90. The molecule has 0 unspecified atom stereocenters. The second-order valence-electron chi connectivity index (χ2n) is 3.55. The minimum atomic E-state index is -0.875. The fraction of sp³-hybridized carbons (Fsp3) is 0.545. The van der Waals surface area contributed by atoms with Gasteiger partial charge in [-0.2, -0.15) is 0 Å². The third-order valence-corrected chi connectivity index (χ3v) is 1.44. The van der Waals surface area contributed by atoms with Crippen molar-refractivity contribution < 1.29 is 29.7 Å². The van der Waals surface area contributed by atoms with Crippen LogP contribution in [0, 0.1) is 0 Å². The zero-order chi connectivity index (χ0) is 13.8. The molecular weight excluding hydrogens is 228 g/mol. The summed E-state index contributed by atoms with van der Waals surface area (Å²) in [6.07, 6.45) is 2.18. The van der Waals surface area contributed by atoms with Crippen LogP contribution in [0.15, 0.2) is 11.6 Å². The van der Waals surface area contributed by atoms with Gasteiger partial charge in [-0.15, -0.1) is 0 Å². The molecule has 0 amide bonds. The fourth-order valence-electron chi connectivity index (χ4n) is 0.799. The average molecular weight is 246 g/mol. The van der Waals surface area contributed by atoms with Crippen molar-refractivity contribution in [3.05, 3.63) is 11.6 Å². The number of aliphatic carboxylic acids is 3. The van der Waals surface area contributed by atoms with Crippen molar-refractivity contribution >= 4 is 17.9 Å². The second-order valence-corrected chi connectivity index (χ2v) is 3.55. The molecule has 0 aromatic heterocycles. The van der Waals surface area contributed by atoms with Gasteiger partial charge >= 0.3 is 17.9 Å². The van der Waals surface area contributed by atoms with Crippen LogP contribution in [0.3, 0.4) is 0 Å². The summed E-state index contributed by atoms with van der Waals surface area (Å²) >= 11 is 0. The summed E-state index contributed by atoms with van der Waals surface area (Å²) in [5.41, 5.74) is 0.813. The Balaban J connectivity index is 0. The van der Waals surface area contributed by atoms with E-state index >= 15 is 0 Å². The Bertz CT molecular complexity index is 272. The van der Waals surface area contributed by atoms with E-state index in [9.17, 15) is 14.4 Å². The van der Waals surface area contributed by atoms with E-state index in [0.29, 0.717) is 12.8 Å². The lowest BCUT2D eigenvalue weighted by atomic mass is 10.2. The third kappa shape index (κ3) is 24.9. The molecule has 0 aromatic rings. The molecule has 0 saturated carbocycles. The predicted molar refractivity (Wildman–Crippen MR) is 60.8 cm³/mol. The van der Waals surface area contributed by atoms with Crippen LogP contribution in [0.2, 0.25) is 0 Å². The molecule has 17 heavy (non-hydrogen) atoms. The van der Waals surface area contributed by atoms with E-state index in [-0.39, 0.29) is 12.8 Å². The molecular formula is C11H18O6. The Morgan fingerprint density at radius 3 is 1.35 bits per heavy atom. The highest BCUT2D eigenvalue weighted by Gasteiger charge is 1.99. The fourth-order valence-corrected chi connectivity index (χ4v) is 0.799. The van der Waals surface area contributed by atoms with Crippen molar-refractivity contribution in [2.45, 2.75) is 39.5 Å². The lowest BCUT2D eigenvalue weighted by Gasteiger charge is -1.92. The van der Waals surface area contributed by atoms with Gasteiger partial charge in [-0.1, -0.05) is 5.57 Å². The third-order valence-electron chi connectivity index (χ3n) is 1.44. The van der Waals surface area contributed by atoms with Crippen LogP contribution in [0.1, 0.15) is 39.5 Å². The van der Waals surface area contributed by atoms with Crippen molar-refractivity contribution in [2.24, 2.45) is 0 Å². The summed E-state index contributed by atoms with van der Waals surface area (Å²) in [5.74, 6) is -2.62. The maximum absolute atomic E-state index is 9.90. The Labute approximate surface area is 99.6 Å². The van der Waals surface area contributed by atoms with Gasteiger partial charge in [0, 0.05) is 18.9 Å². The van der Waals surface area contributed by atoms with Crippen LogP contribution in [-0.4, -0.2) is 33.2 Å². The van der Waals surface area contributed by atoms with Gasteiger partial charge in [0.05, 0.1) is 0 Å². The van der Waals surface area contributed by atoms with Crippen LogP contribution in [0.5, 0.6) is 0 Å². The maximum Gasteiger partial charge on any atom is 0.328 e. The zero-order valence-corrected chi connectivity index (χ0v) is 9.97. The van der Waals surface area contributed by atoms with Crippen LogP contribution in [-0.2, 0) is 14.4 Å². The molecule has 0 rings (SSSR count). The van der Waals surface area contributed by atoms with Gasteiger partial charge in [0.25, 0.3) is 0 Å². The number of carboxylic acid groups (broad SMARTS) is 3. The Morgan fingerprint density at radius 2 is 1.24 bits per heavy atom. The SMILES string of the molecule is CC(C)=CC(=O)O.O=C(O)CCCCC(=O)O. The zero-order valence-electron chi connectivity index (χ0n) is 9.97. The Kier molecular flexibility index (Phi) is 11.0. The normalized spacial score (nSPS) is 8.59. The molecule has 6 nitrogen and oxygen atoms in total. The molecule has 0 aliphatic heterocycles. The van der Waals surface area contributed by atoms with Crippen LogP contribution in [0.25, 0.3) is 0 Å². The number of unbranched alkanes of at least 4 members (excludes halogenated alkanes) is 1. The summed E-state index contributed by atoms with van der Waals surface area (Å²) in [6, 6.07) is 0. The van der Waals surface area contributed by atoms with Gasteiger partial charge in [-0.3, -0.25) is 9.59 Å². The molecule has 0 radical (unpaired) electrons. The summed E-state index contributed by atoms with van der Waals surface area (Å²) in [5, 5.41) is 24.3. The predicted octanol–water partition coefficient (Wildman–Crippen LogP) is 1.75. The minimum absolute atomic E-state index is 0.0628. The molecule has 0 fully saturated rings. The van der Waals surface area contributed by atoms with Gasteiger partial charge in [-0.05, 0) is 26.7 Å². The molecule has 3 N–H and O–H groups in total. The molecule has 0 aliphatic rings. The standard InChI is InChI=1S/C6H10O4.C5H8O2/c7-5(8)3-1-2-4-6(9)10;1-4(2)3-5(6)7/h1-4H2,(H,7,8)(H,9,10);3H,1-2H3,(H,6,7). The molecule has 6 heteroatoms. The van der Waals surface area contributed by atoms with E-state index in [2.05, 4.69) is 0 Å². The van der Waals surface area contributed by atoms with E-state index < -0.39 is 17.9 Å².